The summed E-state index contributed by atoms with van der Waals surface area (Å²) in [5, 5.41) is 5.36. The predicted octanol–water partition coefficient (Wildman–Crippen LogP) is 1.37. The molecule has 0 unspecified atom stereocenters. The summed E-state index contributed by atoms with van der Waals surface area (Å²) in [5.74, 6) is 0.141. The second-order valence-electron chi connectivity index (χ2n) is 4.97. The highest BCUT2D eigenvalue weighted by Gasteiger charge is 2.24. The standard InChI is InChI=1S/C13H22N2O3S2/c1-11-3-9-19-13(11)12(2)14-4-10-20(16,17)15-5-7-18-8-6-15/h3,9,12,14H,4-8,10H2,1-2H3/t12-/m1/s1. The van der Waals surface area contributed by atoms with Crippen LogP contribution in [0.2, 0.25) is 0 Å². The van der Waals surface area contributed by atoms with Gasteiger partial charge in [-0.1, -0.05) is 0 Å². The molecule has 1 saturated heterocycles. The topological polar surface area (TPSA) is 58.6 Å². The van der Waals surface area contributed by atoms with Crippen molar-refractivity contribution in [3.63, 3.8) is 0 Å². The van der Waals surface area contributed by atoms with Gasteiger partial charge in [0.2, 0.25) is 10.0 Å². The van der Waals surface area contributed by atoms with Crippen LogP contribution in [0.15, 0.2) is 11.4 Å². The molecule has 1 N–H and O–H groups in total. The molecule has 114 valence electrons. The lowest BCUT2D eigenvalue weighted by Gasteiger charge is -2.26. The van der Waals surface area contributed by atoms with E-state index in [0.717, 1.165) is 0 Å². The molecule has 0 aromatic carbocycles. The van der Waals surface area contributed by atoms with Crippen LogP contribution in [0.1, 0.15) is 23.4 Å². The maximum atomic E-state index is 12.2. The molecule has 1 aromatic rings. The molecule has 0 spiro atoms. The SMILES string of the molecule is Cc1ccsc1[C@@H](C)NCCS(=O)(=O)N1CCOCC1. The average Bonchev–Trinajstić information content (AvgIpc) is 2.86. The lowest BCUT2D eigenvalue weighted by molar-refractivity contribution is 0.0730. The van der Waals surface area contributed by atoms with Crippen LogP contribution in [0, 0.1) is 6.92 Å². The van der Waals surface area contributed by atoms with Crippen molar-refractivity contribution in [1.29, 1.82) is 0 Å². The number of aryl methyl sites for hydroxylation is 1. The fourth-order valence-corrected chi connectivity index (χ4v) is 4.58. The van der Waals surface area contributed by atoms with E-state index in [2.05, 4.69) is 30.6 Å². The second kappa shape index (κ2) is 7.00. The van der Waals surface area contributed by atoms with Gasteiger partial charge in [0.1, 0.15) is 0 Å². The minimum absolute atomic E-state index is 0.141. The van der Waals surface area contributed by atoms with E-state index in [4.69, 9.17) is 4.74 Å². The zero-order valence-corrected chi connectivity index (χ0v) is 13.6. The van der Waals surface area contributed by atoms with Gasteiger partial charge in [0.25, 0.3) is 0 Å². The Bertz CT molecular complexity index is 521. The van der Waals surface area contributed by atoms with Crippen molar-refractivity contribution in [2.24, 2.45) is 0 Å². The van der Waals surface area contributed by atoms with E-state index in [9.17, 15) is 8.42 Å². The van der Waals surface area contributed by atoms with Crippen molar-refractivity contribution in [2.75, 3.05) is 38.6 Å². The molecule has 1 aliphatic rings. The summed E-state index contributed by atoms with van der Waals surface area (Å²) < 4.78 is 31.0. The summed E-state index contributed by atoms with van der Waals surface area (Å²) in [7, 11) is -3.16. The number of nitrogens with zero attached hydrogens (tertiary/aromatic N) is 1. The summed E-state index contributed by atoms with van der Waals surface area (Å²) in [6.07, 6.45) is 0. The van der Waals surface area contributed by atoms with Crippen LogP contribution in [-0.2, 0) is 14.8 Å². The van der Waals surface area contributed by atoms with Gasteiger partial charge in [-0.25, -0.2) is 8.42 Å². The van der Waals surface area contributed by atoms with Crippen LogP contribution in [0.3, 0.4) is 0 Å². The molecule has 1 atom stereocenters. The minimum atomic E-state index is -3.16. The van der Waals surface area contributed by atoms with E-state index in [1.165, 1.54) is 14.7 Å². The Morgan fingerprint density at radius 1 is 1.45 bits per heavy atom. The fourth-order valence-electron chi connectivity index (χ4n) is 2.28. The van der Waals surface area contributed by atoms with Crippen molar-refractivity contribution < 1.29 is 13.2 Å². The predicted molar refractivity (Wildman–Crippen MR) is 81.7 cm³/mol. The number of morpholine rings is 1. The fraction of sp³-hybridized carbons (Fsp3) is 0.692. The Kier molecular flexibility index (Phi) is 5.57. The maximum Gasteiger partial charge on any atom is 0.215 e. The molecule has 2 rings (SSSR count). The van der Waals surface area contributed by atoms with Gasteiger partial charge < -0.3 is 10.1 Å². The number of sulfonamides is 1. The molecule has 0 bridgehead atoms. The Morgan fingerprint density at radius 2 is 2.15 bits per heavy atom. The Morgan fingerprint density at radius 3 is 2.75 bits per heavy atom. The van der Waals surface area contributed by atoms with Crippen molar-refractivity contribution in [1.82, 2.24) is 9.62 Å². The van der Waals surface area contributed by atoms with Crippen LogP contribution in [0.5, 0.6) is 0 Å². The van der Waals surface area contributed by atoms with Crippen LogP contribution in [0.25, 0.3) is 0 Å². The summed E-state index contributed by atoms with van der Waals surface area (Å²) in [5.41, 5.74) is 1.26. The van der Waals surface area contributed by atoms with E-state index in [1.54, 1.807) is 11.3 Å². The Hall–Kier alpha value is -0.470. The van der Waals surface area contributed by atoms with Crippen molar-refractivity contribution >= 4 is 21.4 Å². The Balaban J connectivity index is 1.81. The third kappa shape index (κ3) is 4.02. The number of nitrogens with one attached hydrogen (secondary N) is 1. The van der Waals surface area contributed by atoms with Crippen LogP contribution < -0.4 is 5.32 Å². The van der Waals surface area contributed by atoms with Gasteiger partial charge in [-0.3, -0.25) is 0 Å². The lowest BCUT2D eigenvalue weighted by atomic mass is 10.2. The van der Waals surface area contributed by atoms with Gasteiger partial charge in [0.15, 0.2) is 0 Å². The molecule has 7 heteroatoms. The first-order valence-corrected chi connectivity index (χ1v) is 9.32. The largest absolute Gasteiger partial charge is 0.379 e. The molecule has 1 aliphatic heterocycles. The van der Waals surface area contributed by atoms with Crippen molar-refractivity contribution in [3.05, 3.63) is 21.9 Å². The summed E-state index contributed by atoms with van der Waals surface area (Å²) in [6.45, 7) is 6.56. The molecular weight excluding hydrogens is 296 g/mol. The van der Waals surface area contributed by atoms with Crippen LogP contribution in [0.4, 0.5) is 0 Å². The average molecular weight is 318 g/mol. The highest BCUT2D eigenvalue weighted by atomic mass is 32.2. The highest BCUT2D eigenvalue weighted by Crippen LogP contribution is 2.23. The van der Waals surface area contributed by atoms with Gasteiger partial charge in [-0.2, -0.15) is 4.31 Å². The van der Waals surface area contributed by atoms with E-state index >= 15 is 0 Å². The smallest absolute Gasteiger partial charge is 0.215 e. The normalized spacial score (nSPS) is 19.1. The summed E-state index contributed by atoms with van der Waals surface area (Å²) >= 11 is 1.70. The van der Waals surface area contributed by atoms with Gasteiger partial charge >= 0.3 is 0 Å². The molecule has 5 nitrogen and oxygen atoms in total. The quantitative estimate of drug-likeness (QED) is 0.861. The molecule has 0 amide bonds. The molecule has 20 heavy (non-hydrogen) atoms. The zero-order chi connectivity index (χ0) is 14.6. The van der Waals surface area contributed by atoms with Gasteiger partial charge in [-0.05, 0) is 30.9 Å². The summed E-state index contributed by atoms with van der Waals surface area (Å²) in [6, 6.07) is 2.28. The highest BCUT2D eigenvalue weighted by molar-refractivity contribution is 7.89. The van der Waals surface area contributed by atoms with Gasteiger partial charge in [-0.15, -0.1) is 11.3 Å². The first-order chi connectivity index (χ1) is 9.50. The number of hydrogen-bond acceptors (Lipinski definition) is 5. The van der Waals surface area contributed by atoms with Crippen molar-refractivity contribution in [3.8, 4) is 0 Å². The number of thiophene rings is 1. The molecular formula is C13H22N2O3S2. The van der Waals surface area contributed by atoms with E-state index < -0.39 is 10.0 Å². The van der Waals surface area contributed by atoms with Crippen LogP contribution in [-0.4, -0.2) is 51.3 Å². The number of ether oxygens (including phenoxy) is 1. The molecule has 0 radical (unpaired) electrons. The van der Waals surface area contributed by atoms with E-state index in [1.807, 2.05) is 0 Å². The van der Waals surface area contributed by atoms with E-state index in [0.29, 0.717) is 32.8 Å². The second-order valence-corrected chi connectivity index (χ2v) is 8.01. The molecule has 0 saturated carbocycles. The molecule has 1 fully saturated rings. The van der Waals surface area contributed by atoms with Crippen molar-refractivity contribution in [2.45, 2.75) is 19.9 Å². The third-order valence-electron chi connectivity index (χ3n) is 3.47. The van der Waals surface area contributed by atoms with Gasteiger partial charge in [0, 0.05) is 30.6 Å². The first kappa shape index (κ1) is 15.9. The maximum absolute atomic E-state index is 12.2. The Labute approximate surface area is 125 Å². The molecule has 2 heterocycles. The van der Waals surface area contributed by atoms with Gasteiger partial charge in [0.05, 0.1) is 19.0 Å². The van der Waals surface area contributed by atoms with Crippen LogP contribution >= 0.6 is 11.3 Å². The number of hydrogen-bond donors (Lipinski definition) is 1. The molecule has 1 aromatic heterocycles. The lowest BCUT2D eigenvalue weighted by Crippen LogP contribution is -2.43. The minimum Gasteiger partial charge on any atom is -0.379 e. The first-order valence-electron chi connectivity index (χ1n) is 6.83. The third-order valence-corrected chi connectivity index (χ3v) is 6.54. The monoisotopic (exact) mass is 318 g/mol. The zero-order valence-electron chi connectivity index (χ0n) is 12.0. The van der Waals surface area contributed by atoms with E-state index in [-0.39, 0.29) is 11.8 Å². The summed E-state index contributed by atoms with van der Waals surface area (Å²) in [4.78, 5) is 1.27. The number of rotatable bonds is 6. The molecule has 0 aliphatic carbocycles.